The zero-order valence-electron chi connectivity index (χ0n) is 13.3. The van der Waals surface area contributed by atoms with Crippen molar-refractivity contribution >= 4 is 27.1 Å². The summed E-state index contributed by atoms with van der Waals surface area (Å²) >= 11 is 0. The van der Waals surface area contributed by atoms with Crippen molar-refractivity contribution in [3.63, 3.8) is 0 Å². The first-order valence-corrected chi connectivity index (χ1v) is 9.11. The van der Waals surface area contributed by atoms with Crippen LogP contribution >= 0.6 is 0 Å². The Hall–Kier alpha value is -2.49. The van der Waals surface area contributed by atoms with Gasteiger partial charge >= 0.3 is 0 Å². The van der Waals surface area contributed by atoms with E-state index >= 15 is 0 Å². The van der Waals surface area contributed by atoms with Crippen LogP contribution in [0, 0.1) is 10.1 Å². The van der Waals surface area contributed by atoms with E-state index in [2.05, 4.69) is 5.32 Å². The van der Waals surface area contributed by atoms with Crippen molar-refractivity contribution in [3.05, 3.63) is 58.6 Å². The summed E-state index contributed by atoms with van der Waals surface area (Å²) in [5.74, 6) is 0. The number of hydrogen-bond acceptors (Lipinski definition) is 6. The van der Waals surface area contributed by atoms with Gasteiger partial charge in [-0.25, -0.2) is 8.42 Å². The predicted molar refractivity (Wildman–Crippen MR) is 92.4 cm³/mol. The lowest BCUT2D eigenvalue weighted by Crippen LogP contribution is -2.40. The Balaban J connectivity index is 1.88. The molecule has 0 unspecified atom stereocenters. The fraction of sp³-hybridized carbons (Fsp3) is 0.250. The van der Waals surface area contributed by atoms with Crippen molar-refractivity contribution in [1.29, 1.82) is 0 Å². The lowest BCUT2D eigenvalue weighted by molar-refractivity contribution is -0.383. The summed E-state index contributed by atoms with van der Waals surface area (Å²) in [5, 5.41) is 14.0. The van der Waals surface area contributed by atoms with E-state index in [0.29, 0.717) is 37.7 Å². The summed E-state index contributed by atoms with van der Waals surface area (Å²) in [5.41, 5.74) is 0.681. The van der Waals surface area contributed by atoms with Crippen molar-refractivity contribution in [2.24, 2.45) is 0 Å². The van der Waals surface area contributed by atoms with Crippen molar-refractivity contribution in [2.45, 2.75) is 4.90 Å². The number of para-hydroxylation sites is 2. The van der Waals surface area contributed by atoms with Crippen LogP contribution in [0.2, 0.25) is 0 Å². The monoisotopic (exact) mass is 363 g/mol. The average molecular weight is 363 g/mol. The van der Waals surface area contributed by atoms with E-state index < -0.39 is 14.9 Å². The number of morpholine rings is 1. The molecule has 1 N–H and O–H groups in total. The van der Waals surface area contributed by atoms with Crippen molar-refractivity contribution in [3.8, 4) is 0 Å². The highest BCUT2D eigenvalue weighted by molar-refractivity contribution is 7.89. The maximum atomic E-state index is 12.7. The second-order valence-corrected chi connectivity index (χ2v) is 7.38. The standard InChI is InChI=1S/C16H17N3O5S/c20-19(21)16-7-2-1-6-15(16)17-13-4-3-5-14(12-13)25(22,23)18-8-10-24-11-9-18/h1-7,12,17H,8-11H2. The minimum absolute atomic E-state index is 0.0797. The van der Waals surface area contributed by atoms with Gasteiger partial charge in [0.15, 0.2) is 0 Å². The molecule has 0 bridgehead atoms. The minimum atomic E-state index is -3.62. The van der Waals surface area contributed by atoms with Crippen molar-refractivity contribution in [1.82, 2.24) is 4.31 Å². The molecular formula is C16H17N3O5S. The molecule has 2 aromatic rings. The van der Waals surface area contributed by atoms with Gasteiger partial charge in [0.05, 0.1) is 23.0 Å². The molecule has 1 aliphatic rings. The van der Waals surface area contributed by atoms with Gasteiger partial charge in [-0.1, -0.05) is 18.2 Å². The van der Waals surface area contributed by atoms with Crippen LogP contribution in [0.5, 0.6) is 0 Å². The molecule has 2 aromatic carbocycles. The first-order chi connectivity index (χ1) is 12.0. The Bertz CT molecular complexity index is 879. The van der Waals surface area contributed by atoms with Crippen molar-refractivity contribution in [2.75, 3.05) is 31.6 Å². The summed E-state index contributed by atoms with van der Waals surface area (Å²) in [6.45, 7) is 1.36. The zero-order chi connectivity index (χ0) is 17.9. The molecule has 1 saturated heterocycles. The molecular weight excluding hydrogens is 346 g/mol. The number of nitrogens with one attached hydrogen (secondary N) is 1. The molecule has 132 valence electrons. The van der Waals surface area contributed by atoms with Gasteiger partial charge in [-0.3, -0.25) is 10.1 Å². The molecule has 0 aromatic heterocycles. The molecule has 8 nitrogen and oxygen atoms in total. The summed E-state index contributed by atoms with van der Waals surface area (Å²) in [7, 11) is -3.62. The van der Waals surface area contributed by atoms with Crippen LogP contribution < -0.4 is 5.32 Å². The van der Waals surface area contributed by atoms with Gasteiger partial charge in [-0.05, 0) is 24.3 Å². The van der Waals surface area contributed by atoms with Crippen LogP contribution in [-0.4, -0.2) is 43.9 Å². The number of ether oxygens (including phenoxy) is 1. The first-order valence-electron chi connectivity index (χ1n) is 7.67. The maximum absolute atomic E-state index is 12.7. The fourth-order valence-electron chi connectivity index (χ4n) is 2.56. The van der Waals surface area contributed by atoms with E-state index in [9.17, 15) is 18.5 Å². The second kappa shape index (κ2) is 7.18. The van der Waals surface area contributed by atoms with Crippen LogP contribution in [0.25, 0.3) is 0 Å². The molecule has 1 fully saturated rings. The van der Waals surface area contributed by atoms with E-state index in [1.807, 2.05) is 0 Å². The molecule has 1 aliphatic heterocycles. The van der Waals surface area contributed by atoms with Crippen LogP contribution in [0.3, 0.4) is 0 Å². The molecule has 25 heavy (non-hydrogen) atoms. The molecule has 9 heteroatoms. The Morgan fingerprint density at radius 1 is 1.08 bits per heavy atom. The smallest absolute Gasteiger partial charge is 0.292 e. The number of rotatable bonds is 5. The van der Waals surface area contributed by atoms with Crippen LogP contribution in [0.4, 0.5) is 17.1 Å². The van der Waals surface area contributed by atoms with Crippen molar-refractivity contribution < 1.29 is 18.1 Å². The fourth-order valence-corrected chi connectivity index (χ4v) is 4.02. The number of sulfonamides is 1. The predicted octanol–water partition coefficient (Wildman–Crippen LogP) is 2.36. The molecule has 1 heterocycles. The molecule has 0 atom stereocenters. The summed E-state index contributed by atoms with van der Waals surface area (Å²) in [6.07, 6.45) is 0. The third-order valence-electron chi connectivity index (χ3n) is 3.82. The second-order valence-electron chi connectivity index (χ2n) is 5.44. The van der Waals surface area contributed by atoms with E-state index in [0.717, 1.165) is 0 Å². The third kappa shape index (κ3) is 3.78. The summed E-state index contributed by atoms with van der Waals surface area (Å²) < 4.78 is 32.0. The Kier molecular flexibility index (Phi) is 4.98. The maximum Gasteiger partial charge on any atom is 0.292 e. The molecule has 0 amide bonds. The number of benzene rings is 2. The molecule has 0 saturated carbocycles. The molecule has 3 rings (SSSR count). The van der Waals surface area contributed by atoms with Gasteiger partial charge in [0, 0.05) is 24.8 Å². The number of nitro benzene ring substituents is 1. The topological polar surface area (TPSA) is 102 Å². The molecule has 0 radical (unpaired) electrons. The largest absolute Gasteiger partial charge is 0.379 e. The lowest BCUT2D eigenvalue weighted by Gasteiger charge is -2.26. The highest BCUT2D eigenvalue weighted by Crippen LogP contribution is 2.28. The van der Waals surface area contributed by atoms with Crippen LogP contribution in [0.1, 0.15) is 0 Å². The zero-order valence-corrected chi connectivity index (χ0v) is 14.1. The van der Waals surface area contributed by atoms with Gasteiger partial charge in [-0.2, -0.15) is 4.31 Å². The van der Waals surface area contributed by atoms with Gasteiger partial charge in [0.25, 0.3) is 5.69 Å². The number of hydrogen-bond donors (Lipinski definition) is 1. The quantitative estimate of drug-likeness (QED) is 0.646. The normalized spacial score (nSPS) is 15.7. The van der Waals surface area contributed by atoms with Crippen LogP contribution in [-0.2, 0) is 14.8 Å². The highest BCUT2D eigenvalue weighted by atomic mass is 32.2. The Labute approximate surface area is 145 Å². The Morgan fingerprint density at radius 2 is 1.80 bits per heavy atom. The Morgan fingerprint density at radius 3 is 2.52 bits per heavy atom. The first kappa shape index (κ1) is 17.3. The van der Waals surface area contributed by atoms with E-state index in [-0.39, 0.29) is 10.6 Å². The van der Waals surface area contributed by atoms with E-state index in [1.165, 1.54) is 22.5 Å². The lowest BCUT2D eigenvalue weighted by atomic mass is 10.2. The third-order valence-corrected chi connectivity index (χ3v) is 5.72. The van der Waals surface area contributed by atoms with Gasteiger partial charge in [-0.15, -0.1) is 0 Å². The summed E-state index contributed by atoms with van der Waals surface area (Å²) in [6, 6.07) is 12.4. The molecule has 0 spiro atoms. The van der Waals surface area contributed by atoms with E-state index in [1.54, 1.807) is 30.3 Å². The minimum Gasteiger partial charge on any atom is -0.379 e. The number of nitro groups is 1. The van der Waals surface area contributed by atoms with Gasteiger partial charge < -0.3 is 10.1 Å². The number of anilines is 2. The van der Waals surface area contributed by atoms with Gasteiger partial charge in [0.1, 0.15) is 5.69 Å². The highest BCUT2D eigenvalue weighted by Gasteiger charge is 2.26. The average Bonchev–Trinajstić information content (AvgIpc) is 2.63. The van der Waals surface area contributed by atoms with E-state index in [4.69, 9.17) is 4.74 Å². The van der Waals surface area contributed by atoms with Gasteiger partial charge in [0.2, 0.25) is 10.0 Å². The van der Waals surface area contributed by atoms with Crippen LogP contribution in [0.15, 0.2) is 53.4 Å². The number of nitrogens with zero attached hydrogens (tertiary/aromatic N) is 2. The summed E-state index contributed by atoms with van der Waals surface area (Å²) in [4.78, 5) is 10.7. The molecule has 0 aliphatic carbocycles. The SMILES string of the molecule is O=[N+]([O-])c1ccccc1Nc1cccc(S(=O)(=O)N2CCOCC2)c1.